The van der Waals surface area contributed by atoms with E-state index < -0.39 is 30.4 Å². The van der Waals surface area contributed by atoms with Crippen LogP contribution in [0.25, 0.3) is 0 Å². The van der Waals surface area contributed by atoms with E-state index in [9.17, 15) is 14.4 Å². The van der Waals surface area contributed by atoms with Gasteiger partial charge in [-0.2, -0.15) is 0 Å². The number of aryl methyl sites for hydroxylation is 1. The van der Waals surface area contributed by atoms with E-state index in [4.69, 9.17) is 10.8 Å². The molecule has 0 aliphatic heterocycles. The molecule has 0 bridgehead atoms. The smallest absolute Gasteiger partial charge is 0.326 e. The molecule has 0 aromatic carbocycles. The lowest BCUT2D eigenvalue weighted by atomic mass is 10.2. The number of nitrogens with zero attached hydrogens (tertiary/aromatic N) is 1. The fourth-order valence-corrected chi connectivity index (χ4v) is 1.48. The maximum atomic E-state index is 11.6. The first-order chi connectivity index (χ1) is 9.40. The molecule has 3 amide bonds. The molecule has 0 unspecified atom stereocenters. The number of hydrogen-bond donors (Lipinski definition) is 4. The van der Waals surface area contributed by atoms with Gasteiger partial charge in [0.25, 0.3) is 0 Å². The third-order valence-electron chi connectivity index (χ3n) is 2.54. The van der Waals surface area contributed by atoms with Gasteiger partial charge in [0.15, 0.2) is 0 Å². The predicted octanol–water partition coefficient (Wildman–Crippen LogP) is -0.482. The molecule has 108 valence electrons. The van der Waals surface area contributed by atoms with Gasteiger partial charge < -0.3 is 21.5 Å². The third kappa shape index (κ3) is 4.92. The molecule has 1 aromatic rings. The maximum Gasteiger partial charge on any atom is 0.326 e. The van der Waals surface area contributed by atoms with Crippen molar-refractivity contribution in [1.82, 2.24) is 15.6 Å². The summed E-state index contributed by atoms with van der Waals surface area (Å²) in [6.45, 7) is 2.00. The number of carboxylic acids is 1. The van der Waals surface area contributed by atoms with Crippen LogP contribution in [-0.4, -0.2) is 34.0 Å². The summed E-state index contributed by atoms with van der Waals surface area (Å²) in [6, 6.07) is 1.56. The van der Waals surface area contributed by atoms with Crippen molar-refractivity contribution < 1.29 is 19.5 Å². The summed E-state index contributed by atoms with van der Waals surface area (Å²) in [6.07, 6.45) is 1.13. The van der Waals surface area contributed by atoms with E-state index >= 15 is 0 Å². The van der Waals surface area contributed by atoms with Crippen molar-refractivity contribution in [2.75, 3.05) is 0 Å². The Bertz CT molecular complexity index is 518. The van der Waals surface area contributed by atoms with Gasteiger partial charge in [-0.15, -0.1) is 0 Å². The quantitative estimate of drug-likeness (QED) is 0.558. The molecular formula is C12H16N4O4. The molecule has 0 saturated carbocycles. The third-order valence-corrected chi connectivity index (χ3v) is 2.54. The highest BCUT2D eigenvalue weighted by Gasteiger charge is 2.21. The van der Waals surface area contributed by atoms with Gasteiger partial charge in [-0.1, -0.05) is 6.07 Å². The van der Waals surface area contributed by atoms with Crippen molar-refractivity contribution in [3.63, 3.8) is 0 Å². The summed E-state index contributed by atoms with van der Waals surface area (Å²) in [7, 11) is 0. The number of pyridine rings is 1. The van der Waals surface area contributed by atoms with Crippen LogP contribution in [0.1, 0.15) is 17.7 Å². The number of primary amides is 1. The topological polar surface area (TPSA) is 134 Å². The average molecular weight is 280 g/mol. The van der Waals surface area contributed by atoms with Crippen molar-refractivity contribution >= 4 is 17.9 Å². The largest absolute Gasteiger partial charge is 0.480 e. The lowest BCUT2D eigenvalue weighted by Crippen LogP contribution is -2.47. The molecular weight excluding hydrogens is 264 g/mol. The molecule has 8 heteroatoms. The fraction of sp³-hybridized carbons (Fsp3) is 0.333. The Morgan fingerprint density at radius 3 is 2.70 bits per heavy atom. The average Bonchev–Trinajstić information content (AvgIpc) is 2.36. The van der Waals surface area contributed by atoms with Crippen LogP contribution in [0, 0.1) is 6.92 Å². The van der Waals surface area contributed by atoms with Crippen LogP contribution in [0.15, 0.2) is 18.3 Å². The number of amides is 3. The minimum absolute atomic E-state index is 0.154. The van der Waals surface area contributed by atoms with Crippen LogP contribution in [0.4, 0.5) is 4.79 Å². The Morgan fingerprint density at radius 1 is 1.45 bits per heavy atom. The Labute approximate surface area is 115 Å². The van der Waals surface area contributed by atoms with Gasteiger partial charge in [0, 0.05) is 6.20 Å². The lowest BCUT2D eigenvalue weighted by Gasteiger charge is -2.13. The molecule has 5 N–H and O–H groups in total. The number of carbonyl (C=O) groups excluding carboxylic acids is 2. The number of rotatable bonds is 6. The van der Waals surface area contributed by atoms with Crippen LogP contribution < -0.4 is 16.4 Å². The molecule has 0 saturated heterocycles. The maximum absolute atomic E-state index is 11.6. The Hall–Kier alpha value is -2.64. The molecule has 0 spiro atoms. The zero-order valence-electron chi connectivity index (χ0n) is 10.9. The standard InChI is InChI=1S/C12H16N4O4/c1-7-3-2-4-14-9(7)6-15-12(20)16-8(11(18)19)5-10(13)17/h2-4,8H,5-6H2,1H3,(H2,13,17)(H,18,19)(H2,15,16,20)/t8-/m0/s1. The summed E-state index contributed by atoms with van der Waals surface area (Å²) >= 11 is 0. The second-order valence-electron chi connectivity index (χ2n) is 4.16. The fourth-order valence-electron chi connectivity index (χ4n) is 1.48. The van der Waals surface area contributed by atoms with Gasteiger partial charge in [0.2, 0.25) is 5.91 Å². The van der Waals surface area contributed by atoms with Gasteiger partial charge in [0.05, 0.1) is 18.7 Å². The monoisotopic (exact) mass is 280 g/mol. The molecule has 20 heavy (non-hydrogen) atoms. The summed E-state index contributed by atoms with van der Waals surface area (Å²) in [5, 5.41) is 13.5. The van der Waals surface area contributed by atoms with Crippen molar-refractivity contribution in [3.8, 4) is 0 Å². The second kappa shape index (κ2) is 7.07. The van der Waals surface area contributed by atoms with E-state index in [-0.39, 0.29) is 6.54 Å². The van der Waals surface area contributed by atoms with Crippen LogP contribution in [0.2, 0.25) is 0 Å². The molecule has 0 aliphatic carbocycles. The minimum atomic E-state index is -1.35. The van der Waals surface area contributed by atoms with Crippen molar-refractivity contribution in [2.45, 2.75) is 25.9 Å². The highest BCUT2D eigenvalue weighted by molar-refractivity contribution is 5.87. The highest BCUT2D eigenvalue weighted by atomic mass is 16.4. The lowest BCUT2D eigenvalue weighted by molar-refractivity contribution is -0.140. The molecule has 0 fully saturated rings. The molecule has 8 nitrogen and oxygen atoms in total. The Balaban J connectivity index is 2.52. The molecule has 1 atom stereocenters. The van der Waals surface area contributed by atoms with Crippen molar-refractivity contribution in [3.05, 3.63) is 29.6 Å². The van der Waals surface area contributed by atoms with E-state index in [0.717, 1.165) is 5.56 Å². The summed E-state index contributed by atoms with van der Waals surface area (Å²) < 4.78 is 0. The Kier molecular flexibility index (Phi) is 5.45. The number of carbonyl (C=O) groups is 3. The summed E-state index contributed by atoms with van der Waals surface area (Å²) in [5.41, 5.74) is 6.48. The first-order valence-corrected chi connectivity index (χ1v) is 5.86. The molecule has 0 radical (unpaired) electrons. The minimum Gasteiger partial charge on any atom is -0.480 e. The zero-order chi connectivity index (χ0) is 15.1. The van der Waals surface area contributed by atoms with Crippen LogP contribution >= 0.6 is 0 Å². The van der Waals surface area contributed by atoms with Crippen LogP contribution in [0.5, 0.6) is 0 Å². The van der Waals surface area contributed by atoms with Crippen molar-refractivity contribution in [1.29, 1.82) is 0 Å². The van der Waals surface area contributed by atoms with E-state index in [1.165, 1.54) is 0 Å². The molecule has 1 heterocycles. The summed E-state index contributed by atoms with van der Waals surface area (Å²) in [4.78, 5) is 37.2. The molecule has 0 aliphatic rings. The van der Waals surface area contributed by atoms with E-state index in [1.807, 2.05) is 13.0 Å². The molecule has 1 aromatic heterocycles. The number of urea groups is 1. The summed E-state index contributed by atoms with van der Waals surface area (Å²) in [5.74, 6) is -2.13. The van der Waals surface area contributed by atoms with Gasteiger partial charge in [0.1, 0.15) is 6.04 Å². The van der Waals surface area contributed by atoms with Crippen LogP contribution in [-0.2, 0) is 16.1 Å². The van der Waals surface area contributed by atoms with Gasteiger partial charge in [-0.05, 0) is 18.6 Å². The number of nitrogens with two attached hydrogens (primary N) is 1. The number of aromatic nitrogens is 1. The highest BCUT2D eigenvalue weighted by Crippen LogP contribution is 2.02. The van der Waals surface area contributed by atoms with Crippen LogP contribution in [0.3, 0.4) is 0 Å². The van der Waals surface area contributed by atoms with Gasteiger partial charge in [-0.25, -0.2) is 9.59 Å². The van der Waals surface area contributed by atoms with E-state index in [2.05, 4.69) is 15.6 Å². The van der Waals surface area contributed by atoms with E-state index in [0.29, 0.717) is 5.69 Å². The van der Waals surface area contributed by atoms with Gasteiger partial charge >= 0.3 is 12.0 Å². The van der Waals surface area contributed by atoms with E-state index in [1.54, 1.807) is 12.3 Å². The first kappa shape index (κ1) is 15.4. The number of nitrogens with one attached hydrogen (secondary N) is 2. The second-order valence-corrected chi connectivity index (χ2v) is 4.16. The SMILES string of the molecule is Cc1cccnc1CNC(=O)N[C@@H](CC(N)=O)C(=O)O. The predicted molar refractivity (Wildman–Crippen MR) is 69.6 cm³/mol. The normalized spacial score (nSPS) is 11.4. The molecule has 1 rings (SSSR count). The van der Waals surface area contributed by atoms with Gasteiger partial charge in [-0.3, -0.25) is 9.78 Å². The number of carboxylic acid groups (broad SMARTS) is 1. The zero-order valence-corrected chi connectivity index (χ0v) is 10.9. The number of aliphatic carboxylic acids is 1. The van der Waals surface area contributed by atoms with Crippen molar-refractivity contribution in [2.24, 2.45) is 5.73 Å². The number of hydrogen-bond acceptors (Lipinski definition) is 4. The Morgan fingerprint density at radius 2 is 2.15 bits per heavy atom. The first-order valence-electron chi connectivity index (χ1n) is 5.86.